The van der Waals surface area contributed by atoms with Crippen LogP contribution in [-0.4, -0.2) is 22.0 Å². The number of anilines is 1. The first-order chi connectivity index (χ1) is 13.5. The van der Waals surface area contributed by atoms with Gasteiger partial charge in [0.1, 0.15) is 17.7 Å². The number of thiazole rings is 1. The van der Waals surface area contributed by atoms with Crippen LogP contribution in [0.2, 0.25) is 5.02 Å². The summed E-state index contributed by atoms with van der Waals surface area (Å²) in [7, 11) is 0. The molecule has 0 spiro atoms. The van der Waals surface area contributed by atoms with E-state index in [0.717, 1.165) is 0 Å². The van der Waals surface area contributed by atoms with Crippen LogP contribution in [0.3, 0.4) is 0 Å². The van der Waals surface area contributed by atoms with Gasteiger partial charge >= 0.3 is 0 Å². The van der Waals surface area contributed by atoms with Crippen molar-refractivity contribution in [2.45, 2.75) is 18.9 Å². The van der Waals surface area contributed by atoms with Gasteiger partial charge in [0.05, 0.1) is 11.2 Å². The highest BCUT2D eigenvalue weighted by atomic mass is 35.5. The number of rotatable bonds is 6. The van der Waals surface area contributed by atoms with E-state index < -0.39 is 0 Å². The number of benzene rings is 1. The lowest BCUT2D eigenvalue weighted by Crippen LogP contribution is -2.40. The molecule has 1 aliphatic rings. The second-order valence-corrected chi connectivity index (χ2v) is 7.68. The topological polar surface area (TPSA) is 73.3 Å². The summed E-state index contributed by atoms with van der Waals surface area (Å²) in [4.78, 5) is 20.5. The molecule has 28 heavy (non-hydrogen) atoms. The van der Waals surface area contributed by atoms with E-state index in [9.17, 15) is 9.18 Å². The number of nitrogens with one attached hydrogen (secondary N) is 1. The largest absolute Gasteiger partial charge is 0.490 e. The lowest BCUT2D eigenvalue weighted by molar-refractivity contribution is -0.125. The monoisotopic (exact) mass is 419 g/mol. The highest BCUT2D eigenvalue weighted by Gasteiger charge is 2.36. The molecule has 6 nitrogen and oxygen atoms in total. The Labute approximate surface area is 169 Å². The van der Waals surface area contributed by atoms with Gasteiger partial charge in [0, 0.05) is 18.2 Å². The lowest BCUT2D eigenvalue weighted by atomic mass is 9.81. The van der Waals surface area contributed by atoms with Gasteiger partial charge < -0.3 is 14.8 Å². The number of amides is 1. The molecule has 1 aromatic carbocycles. The van der Waals surface area contributed by atoms with Gasteiger partial charge in [0.2, 0.25) is 16.9 Å². The number of nitrogens with zero attached hydrogens (tertiary/aromatic N) is 2. The van der Waals surface area contributed by atoms with Crippen molar-refractivity contribution in [1.29, 1.82) is 0 Å². The van der Waals surface area contributed by atoms with Crippen LogP contribution in [0.1, 0.15) is 12.8 Å². The Balaban J connectivity index is 1.25. The molecular weight excluding hydrogens is 405 g/mol. The molecule has 0 unspecified atom stereocenters. The van der Waals surface area contributed by atoms with Crippen LogP contribution in [0.25, 0.3) is 0 Å². The number of hydrogen-bond donors (Lipinski definition) is 1. The summed E-state index contributed by atoms with van der Waals surface area (Å²) in [5.74, 6) is 0.437. The molecule has 0 bridgehead atoms. The number of pyridine rings is 1. The third-order valence-electron chi connectivity index (χ3n) is 4.20. The van der Waals surface area contributed by atoms with E-state index in [1.165, 1.54) is 35.9 Å². The molecule has 0 aliphatic heterocycles. The summed E-state index contributed by atoms with van der Waals surface area (Å²) in [6.07, 6.45) is 4.17. The standard InChI is InChI=1S/C19H15ClFN3O3S/c20-12-1-6-16(22-9-12)27-17-10-23-19(28-17)24-18(25)11-7-15(8-11)26-14-4-2-13(21)3-5-14/h1-6,9-11,15H,7-8H2,(H,23,24,25). The van der Waals surface area contributed by atoms with Gasteiger partial charge in [-0.2, -0.15) is 0 Å². The summed E-state index contributed by atoms with van der Waals surface area (Å²) >= 11 is 7.00. The molecule has 3 aromatic rings. The smallest absolute Gasteiger partial charge is 0.229 e. The molecule has 1 aliphatic carbocycles. The zero-order valence-electron chi connectivity index (χ0n) is 14.5. The molecule has 0 saturated heterocycles. The molecule has 1 fully saturated rings. The Morgan fingerprint density at radius 3 is 2.64 bits per heavy atom. The maximum absolute atomic E-state index is 12.9. The summed E-state index contributed by atoms with van der Waals surface area (Å²) in [5.41, 5.74) is 0. The summed E-state index contributed by atoms with van der Waals surface area (Å²) in [5, 5.41) is 4.28. The number of ether oxygens (including phenoxy) is 2. The van der Waals surface area contributed by atoms with E-state index >= 15 is 0 Å². The van der Waals surface area contributed by atoms with Gasteiger partial charge in [0.15, 0.2) is 5.13 Å². The second-order valence-electron chi connectivity index (χ2n) is 6.25. The maximum Gasteiger partial charge on any atom is 0.229 e. The number of aromatic nitrogens is 2. The van der Waals surface area contributed by atoms with Crippen molar-refractivity contribution >= 4 is 34.0 Å². The fourth-order valence-corrected chi connectivity index (χ4v) is 3.47. The van der Waals surface area contributed by atoms with Crippen LogP contribution in [0.5, 0.6) is 16.7 Å². The van der Waals surface area contributed by atoms with Crippen molar-refractivity contribution < 1.29 is 18.7 Å². The minimum atomic E-state index is -0.308. The lowest BCUT2D eigenvalue weighted by Gasteiger charge is -2.34. The summed E-state index contributed by atoms with van der Waals surface area (Å²) < 4.78 is 24.2. The van der Waals surface area contributed by atoms with Crippen molar-refractivity contribution in [2.24, 2.45) is 5.92 Å². The Bertz CT molecular complexity index is 959. The number of halogens is 2. The molecule has 0 radical (unpaired) electrons. The molecule has 1 N–H and O–H groups in total. The van der Waals surface area contributed by atoms with Gasteiger partial charge in [-0.25, -0.2) is 14.4 Å². The molecule has 1 amide bonds. The zero-order chi connectivity index (χ0) is 19.5. The Hall–Kier alpha value is -2.71. The minimum Gasteiger partial charge on any atom is -0.490 e. The predicted molar refractivity (Wildman–Crippen MR) is 104 cm³/mol. The van der Waals surface area contributed by atoms with E-state index in [1.807, 2.05) is 0 Å². The van der Waals surface area contributed by atoms with E-state index in [-0.39, 0.29) is 23.7 Å². The van der Waals surface area contributed by atoms with Gasteiger partial charge in [-0.05, 0) is 43.2 Å². The summed E-state index contributed by atoms with van der Waals surface area (Å²) in [6, 6.07) is 9.18. The van der Waals surface area contributed by atoms with Crippen molar-refractivity contribution in [3.63, 3.8) is 0 Å². The Morgan fingerprint density at radius 2 is 1.93 bits per heavy atom. The molecular formula is C19H15ClFN3O3S. The van der Waals surface area contributed by atoms with Crippen LogP contribution < -0.4 is 14.8 Å². The van der Waals surface area contributed by atoms with Crippen LogP contribution in [0.15, 0.2) is 48.8 Å². The average molecular weight is 420 g/mol. The maximum atomic E-state index is 12.9. The molecule has 144 valence electrons. The minimum absolute atomic E-state index is 0.0487. The Kier molecular flexibility index (Phi) is 5.40. The summed E-state index contributed by atoms with van der Waals surface area (Å²) in [6.45, 7) is 0. The first kappa shape index (κ1) is 18.6. The molecule has 0 atom stereocenters. The molecule has 2 heterocycles. The first-order valence-corrected chi connectivity index (χ1v) is 9.73. The zero-order valence-corrected chi connectivity index (χ0v) is 16.0. The highest BCUT2D eigenvalue weighted by Crippen LogP contribution is 2.34. The predicted octanol–water partition coefficient (Wildman–Crippen LogP) is 4.92. The third kappa shape index (κ3) is 4.58. The fourth-order valence-electron chi connectivity index (χ4n) is 2.68. The van der Waals surface area contributed by atoms with Crippen molar-refractivity contribution in [1.82, 2.24) is 9.97 Å². The van der Waals surface area contributed by atoms with Crippen molar-refractivity contribution in [2.75, 3.05) is 5.32 Å². The van der Waals surface area contributed by atoms with Gasteiger partial charge in [-0.3, -0.25) is 4.79 Å². The van der Waals surface area contributed by atoms with E-state index in [2.05, 4.69) is 15.3 Å². The van der Waals surface area contributed by atoms with Crippen molar-refractivity contribution in [3.8, 4) is 16.7 Å². The van der Waals surface area contributed by atoms with Crippen LogP contribution in [-0.2, 0) is 4.79 Å². The number of carbonyl (C=O) groups excluding carboxylic acids is 1. The quantitative estimate of drug-likeness (QED) is 0.614. The van der Waals surface area contributed by atoms with E-state index in [4.69, 9.17) is 21.1 Å². The average Bonchev–Trinajstić information content (AvgIpc) is 3.08. The normalized spacial score (nSPS) is 18.2. The number of carbonyl (C=O) groups is 1. The van der Waals surface area contributed by atoms with Gasteiger partial charge in [-0.1, -0.05) is 22.9 Å². The second kappa shape index (κ2) is 8.12. The fraction of sp³-hybridized carbons (Fsp3) is 0.211. The van der Waals surface area contributed by atoms with Gasteiger partial charge in [-0.15, -0.1) is 0 Å². The molecule has 9 heteroatoms. The highest BCUT2D eigenvalue weighted by molar-refractivity contribution is 7.17. The SMILES string of the molecule is O=C(Nc1ncc(Oc2ccc(Cl)cn2)s1)C1CC(Oc2ccc(F)cc2)C1. The molecule has 2 aromatic heterocycles. The molecule has 4 rings (SSSR count). The van der Waals surface area contributed by atoms with Crippen LogP contribution in [0.4, 0.5) is 9.52 Å². The van der Waals surface area contributed by atoms with Crippen LogP contribution in [0, 0.1) is 11.7 Å². The first-order valence-electron chi connectivity index (χ1n) is 8.53. The van der Waals surface area contributed by atoms with Gasteiger partial charge in [0.25, 0.3) is 0 Å². The van der Waals surface area contributed by atoms with E-state index in [0.29, 0.717) is 39.7 Å². The van der Waals surface area contributed by atoms with E-state index in [1.54, 1.807) is 24.3 Å². The van der Waals surface area contributed by atoms with Crippen molar-refractivity contribution in [3.05, 3.63) is 59.6 Å². The third-order valence-corrected chi connectivity index (χ3v) is 5.22. The Morgan fingerprint density at radius 1 is 1.14 bits per heavy atom. The molecule has 1 saturated carbocycles. The van der Waals surface area contributed by atoms with Crippen LogP contribution >= 0.6 is 22.9 Å². The number of hydrogen-bond acceptors (Lipinski definition) is 6.